The minimum absolute atomic E-state index is 0. The molecule has 3 nitrogen and oxygen atoms in total. The first kappa shape index (κ1) is 38.9. The van der Waals surface area contributed by atoms with Gasteiger partial charge in [0.1, 0.15) is 13.0 Å². The molecule has 0 spiro atoms. The minimum Gasteiger partial charge on any atom is -0.673 e. The number of hydrogen-bond acceptors (Lipinski definition) is 3. The fourth-order valence-electron chi connectivity index (χ4n) is 3.65. The standard InChI is InChI=1S/3C10H13NS2.Fe/c3*1-8(2)11(10(12)13)9-6-4-3-5-7-9;/h3*3-8H,1-2H3,(H,12,13);/q;;;+3. The van der Waals surface area contributed by atoms with Crippen molar-refractivity contribution in [1.82, 2.24) is 0 Å². The molecule has 0 aliphatic rings. The van der Waals surface area contributed by atoms with E-state index < -0.39 is 0 Å². The summed E-state index contributed by atoms with van der Waals surface area (Å²) in [5.74, 6) is 0. The third kappa shape index (κ3) is 13.7. The topological polar surface area (TPSA) is 9.72 Å². The normalized spacial score (nSPS) is 9.90. The van der Waals surface area contributed by atoms with E-state index in [1.54, 1.807) is 0 Å². The van der Waals surface area contributed by atoms with E-state index >= 15 is 0 Å². The van der Waals surface area contributed by atoms with Gasteiger partial charge in [-0.1, -0.05) is 54.6 Å². The van der Waals surface area contributed by atoms with Crippen LogP contribution in [-0.4, -0.2) is 31.1 Å². The summed E-state index contributed by atoms with van der Waals surface area (Å²) < 4.78 is 1.84. The number of hydrogen-bond donors (Lipinski definition) is 0. The molecule has 0 heterocycles. The SMILES string of the molecule is CC(C)N(C([S-])=[SH+])c1ccccc1.CC(C)N(C([S-])=[SH+])c1ccccc1.CC(C)N(C([S-])=[SH+])c1ccccc1.[Fe+3]. The zero-order valence-corrected chi connectivity index (χ0v) is 29.9. The predicted molar refractivity (Wildman–Crippen MR) is 196 cm³/mol. The summed E-state index contributed by atoms with van der Waals surface area (Å²) in [6, 6.07) is 31.2. The fourth-order valence-corrected chi connectivity index (χ4v) is 5.64. The molecule has 215 valence electrons. The number of benzene rings is 3. The van der Waals surface area contributed by atoms with Gasteiger partial charge >= 0.3 is 17.1 Å². The molecule has 3 aromatic rings. The molecule has 0 aliphatic carbocycles. The first-order chi connectivity index (χ1) is 18.4. The molecule has 0 unspecified atom stereocenters. The van der Waals surface area contributed by atoms with Gasteiger partial charge in [-0.15, -0.1) is 0 Å². The average molecular weight is 690 g/mol. The maximum atomic E-state index is 5.07. The molecule has 0 aliphatic heterocycles. The van der Waals surface area contributed by atoms with Gasteiger partial charge in [0, 0.05) is 35.2 Å². The Hall–Kier alpha value is -1.10. The van der Waals surface area contributed by atoms with E-state index in [2.05, 4.69) is 78.2 Å². The van der Waals surface area contributed by atoms with Gasteiger partial charge in [0.25, 0.3) is 0 Å². The molecular weight excluding hydrogens is 651 g/mol. The Morgan fingerprint density at radius 2 is 0.625 bits per heavy atom. The number of nitrogens with zero attached hydrogens (tertiary/aromatic N) is 3. The Bertz CT molecular complexity index is 1000. The zero-order valence-electron chi connectivity index (χ0n) is 23.7. The smallest absolute Gasteiger partial charge is 0.673 e. The maximum absolute atomic E-state index is 5.07. The molecule has 0 saturated carbocycles. The second kappa shape index (κ2) is 20.7. The van der Waals surface area contributed by atoms with Crippen LogP contribution in [0.4, 0.5) is 17.1 Å². The van der Waals surface area contributed by atoms with Gasteiger partial charge in [-0.3, -0.25) is 0 Å². The molecule has 0 atom stereocenters. The van der Waals surface area contributed by atoms with Crippen LogP contribution in [0.2, 0.25) is 0 Å². The van der Waals surface area contributed by atoms with Crippen LogP contribution < -0.4 is 14.7 Å². The summed E-state index contributed by atoms with van der Waals surface area (Å²) in [6.07, 6.45) is 0. The van der Waals surface area contributed by atoms with Gasteiger partial charge in [0.2, 0.25) is 0 Å². The van der Waals surface area contributed by atoms with Crippen LogP contribution in [0.25, 0.3) is 0 Å². The van der Waals surface area contributed by atoms with Gasteiger partial charge in [-0.2, -0.15) is 0 Å². The molecule has 10 heteroatoms. The first-order valence-electron chi connectivity index (χ1n) is 12.6. The Labute approximate surface area is 284 Å². The minimum atomic E-state index is 0. The molecule has 0 aromatic heterocycles. The summed E-state index contributed by atoms with van der Waals surface area (Å²) in [6.45, 7) is 12.6. The fraction of sp³-hybridized carbons (Fsp3) is 0.300. The van der Waals surface area contributed by atoms with Crippen LogP contribution in [-0.2, 0) is 91.6 Å². The van der Waals surface area contributed by atoms with Gasteiger partial charge in [0.15, 0.2) is 36.7 Å². The summed E-state index contributed by atoms with van der Waals surface area (Å²) in [7, 11) is 0. The molecule has 0 N–H and O–H groups in total. The van der Waals surface area contributed by atoms with Gasteiger partial charge < -0.3 is 52.6 Å². The Morgan fingerprint density at radius 3 is 0.750 bits per heavy atom. The molecule has 0 saturated heterocycles. The van der Waals surface area contributed by atoms with Crippen molar-refractivity contribution in [1.29, 1.82) is 0 Å². The zero-order chi connectivity index (χ0) is 29.5. The van der Waals surface area contributed by atoms with E-state index in [0.717, 1.165) is 17.1 Å². The van der Waals surface area contributed by atoms with E-state index in [0.29, 0.717) is 31.1 Å². The maximum Gasteiger partial charge on any atom is 3.00 e. The Balaban J connectivity index is 0.000000563. The second-order valence-corrected chi connectivity index (χ2v) is 12.6. The van der Waals surface area contributed by atoms with Gasteiger partial charge in [-0.05, 0) is 77.9 Å². The third-order valence-corrected chi connectivity index (χ3v) is 6.51. The average Bonchev–Trinajstić information content (AvgIpc) is 2.85. The quantitative estimate of drug-likeness (QED) is 0.111. The van der Waals surface area contributed by atoms with E-state index in [1.165, 1.54) is 0 Å². The number of anilines is 3. The molecule has 0 amide bonds. The molecule has 40 heavy (non-hydrogen) atoms. The van der Waals surface area contributed by atoms with Crippen molar-refractivity contribution in [3.8, 4) is 0 Å². The molecule has 0 fully saturated rings. The molecule has 0 bridgehead atoms. The van der Waals surface area contributed by atoms with Crippen LogP contribution in [0, 0.1) is 0 Å². The van der Waals surface area contributed by atoms with Gasteiger partial charge in [0.05, 0.1) is 0 Å². The van der Waals surface area contributed by atoms with Crippen molar-refractivity contribution in [3.63, 3.8) is 0 Å². The largest absolute Gasteiger partial charge is 3.00 e. The van der Waals surface area contributed by atoms with Crippen molar-refractivity contribution in [3.05, 3.63) is 91.0 Å². The van der Waals surface area contributed by atoms with Crippen LogP contribution in [0.3, 0.4) is 0 Å². The van der Waals surface area contributed by atoms with Crippen LogP contribution >= 0.6 is 0 Å². The summed E-state index contributed by atoms with van der Waals surface area (Å²) >= 11 is 27.8. The number of para-hydroxylation sites is 3. The first-order valence-corrected chi connectivity index (χ1v) is 15.2. The van der Waals surface area contributed by atoms with Crippen molar-refractivity contribution < 1.29 is 17.1 Å². The van der Waals surface area contributed by atoms with Gasteiger partial charge in [-0.25, -0.2) is 0 Å². The van der Waals surface area contributed by atoms with E-state index in [1.807, 2.05) is 106 Å². The van der Waals surface area contributed by atoms with Crippen molar-refractivity contribution in [2.24, 2.45) is 0 Å². The summed E-state index contributed by atoms with van der Waals surface area (Å²) in [5, 5.41) is 0. The van der Waals surface area contributed by atoms with Crippen molar-refractivity contribution in [2.45, 2.75) is 59.7 Å². The van der Waals surface area contributed by atoms with E-state index in [9.17, 15) is 0 Å². The van der Waals surface area contributed by atoms with Crippen LogP contribution in [0.1, 0.15) is 41.5 Å². The van der Waals surface area contributed by atoms with E-state index in [-0.39, 0.29) is 17.1 Å². The Morgan fingerprint density at radius 1 is 0.450 bits per heavy atom. The van der Waals surface area contributed by atoms with Crippen LogP contribution in [0.15, 0.2) is 91.0 Å². The number of thiol groups is 3. The monoisotopic (exact) mass is 689 g/mol. The molecular formula is C30H39FeN3S6+3. The molecule has 3 rings (SSSR count). The summed E-state index contributed by atoms with van der Waals surface area (Å²) in [5.41, 5.74) is 3.28. The second-order valence-electron chi connectivity index (χ2n) is 9.25. The van der Waals surface area contributed by atoms with Crippen molar-refractivity contribution in [2.75, 3.05) is 14.7 Å². The Kier molecular flexibility index (Phi) is 20.2. The summed E-state index contributed by atoms with van der Waals surface area (Å²) in [4.78, 5) is 6.04. The molecule has 3 aromatic carbocycles. The van der Waals surface area contributed by atoms with Crippen LogP contribution in [0.5, 0.6) is 0 Å². The van der Waals surface area contributed by atoms with Crippen molar-refractivity contribution >= 4 is 105 Å². The van der Waals surface area contributed by atoms with E-state index in [4.69, 9.17) is 37.9 Å². The molecule has 1 radical (unpaired) electrons. The predicted octanol–water partition coefficient (Wildman–Crippen LogP) is 5.44. The number of rotatable bonds is 6. The third-order valence-electron chi connectivity index (χ3n) is 5.27.